The highest BCUT2D eigenvalue weighted by Gasteiger charge is 2.42. The molecule has 2 aliphatic heterocycles. The Kier molecular flexibility index (Phi) is 4.63. The molecule has 2 amide bonds. The lowest BCUT2D eigenvalue weighted by molar-refractivity contribution is -0.134. The van der Waals surface area contributed by atoms with E-state index in [2.05, 4.69) is 5.32 Å². The number of likely N-dealkylation sites (tertiary alicyclic amines) is 1. The number of hydrogen-bond donors (Lipinski definition) is 1. The maximum Gasteiger partial charge on any atom is 0.339 e. The monoisotopic (exact) mass is 378 g/mol. The fraction of sp³-hybridized carbons (Fsp3) is 0.318. The van der Waals surface area contributed by atoms with Gasteiger partial charge in [-0.25, -0.2) is 4.79 Å². The topological polar surface area (TPSA) is 75.7 Å². The van der Waals surface area contributed by atoms with Gasteiger partial charge in [0.15, 0.2) is 5.60 Å². The molecule has 0 aromatic heterocycles. The number of amides is 2. The molecule has 1 N–H and O–H groups in total. The number of nitrogens with one attached hydrogen (secondary N) is 1. The number of hydrogen-bond acceptors (Lipinski definition) is 4. The first-order chi connectivity index (χ1) is 13.5. The zero-order chi connectivity index (χ0) is 19.7. The van der Waals surface area contributed by atoms with Gasteiger partial charge in [0.05, 0.1) is 5.56 Å². The molecule has 2 heterocycles. The molecule has 4 rings (SSSR count). The summed E-state index contributed by atoms with van der Waals surface area (Å²) in [5.74, 6) is -0.875. The number of ether oxygens (including phenoxy) is 1. The van der Waals surface area contributed by atoms with Crippen LogP contribution in [0.25, 0.3) is 0 Å². The summed E-state index contributed by atoms with van der Waals surface area (Å²) in [4.78, 5) is 39.3. The summed E-state index contributed by atoms with van der Waals surface area (Å²) < 4.78 is 5.45. The minimum absolute atomic E-state index is 0.0140. The van der Waals surface area contributed by atoms with Crippen LogP contribution < -0.4 is 5.32 Å². The van der Waals surface area contributed by atoms with Crippen LogP contribution in [0.5, 0.6) is 0 Å². The van der Waals surface area contributed by atoms with Crippen molar-refractivity contribution in [2.75, 3.05) is 18.4 Å². The Morgan fingerprint density at radius 1 is 1.04 bits per heavy atom. The lowest BCUT2D eigenvalue weighted by Gasteiger charge is -2.33. The van der Waals surface area contributed by atoms with Gasteiger partial charge in [-0.2, -0.15) is 0 Å². The van der Waals surface area contributed by atoms with Crippen molar-refractivity contribution in [3.8, 4) is 0 Å². The zero-order valence-corrected chi connectivity index (χ0v) is 15.7. The second kappa shape index (κ2) is 7.11. The minimum Gasteiger partial charge on any atom is -0.445 e. The molecule has 0 spiro atoms. The molecule has 0 radical (unpaired) electrons. The Hall–Kier alpha value is -3.15. The summed E-state index contributed by atoms with van der Waals surface area (Å²) in [5.41, 5.74) is 1.17. The van der Waals surface area contributed by atoms with E-state index in [1.807, 2.05) is 17.0 Å². The molecule has 28 heavy (non-hydrogen) atoms. The van der Waals surface area contributed by atoms with Crippen molar-refractivity contribution >= 4 is 23.5 Å². The van der Waals surface area contributed by atoms with Gasteiger partial charge in [-0.05, 0) is 55.7 Å². The first-order valence-electron chi connectivity index (χ1n) is 9.48. The van der Waals surface area contributed by atoms with Gasteiger partial charge >= 0.3 is 5.97 Å². The molecule has 0 bridgehead atoms. The average Bonchev–Trinajstić information content (AvgIpc) is 3.23. The Morgan fingerprint density at radius 3 is 2.43 bits per heavy atom. The van der Waals surface area contributed by atoms with Crippen molar-refractivity contribution in [2.45, 2.75) is 31.8 Å². The largest absolute Gasteiger partial charge is 0.445 e. The lowest BCUT2D eigenvalue weighted by Crippen LogP contribution is -2.48. The summed E-state index contributed by atoms with van der Waals surface area (Å²) in [6, 6.07) is 14.0. The molecule has 6 heteroatoms. The Labute approximate surface area is 163 Å². The van der Waals surface area contributed by atoms with E-state index in [1.54, 1.807) is 43.3 Å². The van der Waals surface area contributed by atoms with Crippen LogP contribution >= 0.6 is 0 Å². The Bertz CT molecular complexity index is 932. The molecule has 0 aliphatic carbocycles. The molecule has 1 atom stereocenters. The number of anilines is 1. The normalized spacial score (nSPS) is 21.0. The molecular weight excluding hydrogens is 356 g/mol. The summed E-state index contributed by atoms with van der Waals surface area (Å²) in [7, 11) is 0. The molecule has 1 saturated heterocycles. The first-order valence-corrected chi connectivity index (χ1v) is 9.48. The number of cyclic esters (lactones) is 1. The fourth-order valence-corrected chi connectivity index (χ4v) is 3.72. The van der Waals surface area contributed by atoms with E-state index in [0.29, 0.717) is 23.2 Å². The number of nitrogens with zero attached hydrogens (tertiary/aromatic N) is 1. The van der Waals surface area contributed by atoms with E-state index in [1.165, 1.54) is 0 Å². The van der Waals surface area contributed by atoms with Crippen LogP contribution in [0.3, 0.4) is 0 Å². The van der Waals surface area contributed by atoms with Crippen molar-refractivity contribution in [1.82, 2.24) is 4.90 Å². The molecular formula is C22H22N2O4. The Balaban J connectivity index is 1.46. The number of fused-ring (bicyclic) bond motifs is 1. The van der Waals surface area contributed by atoms with E-state index in [0.717, 1.165) is 31.5 Å². The van der Waals surface area contributed by atoms with Crippen LogP contribution in [-0.4, -0.2) is 41.4 Å². The van der Waals surface area contributed by atoms with Crippen LogP contribution in [-0.2, 0) is 16.0 Å². The molecule has 2 aromatic carbocycles. The third kappa shape index (κ3) is 3.38. The first kappa shape index (κ1) is 18.2. The van der Waals surface area contributed by atoms with Gasteiger partial charge < -0.3 is 15.0 Å². The van der Waals surface area contributed by atoms with Crippen LogP contribution in [0.4, 0.5) is 5.69 Å². The zero-order valence-electron chi connectivity index (χ0n) is 15.7. The van der Waals surface area contributed by atoms with Crippen molar-refractivity contribution in [3.63, 3.8) is 0 Å². The molecule has 6 nitrogen and oxygen atoms in total. The van der Waals surface area contributed by atoms with E-state index >= 15 is 0 Å². The SMILES string of the molecule is CC1(C(=O)Nc2ccc(C(=O)N3CCCC3)cc2)Cc2ccccc2C(=O)O1. The van der Waals surface area contributed by atoms with Crippen molar-refractivity contribution in [2.24, 2.45) is 0 Å². The van der Waals surface area contributed by atoms with Crippen LogP contribution in [0.1, 0.15) is 46.0 Å². The van der Waals surface area contributed by atoms with Gasteiger partial charge in [-0.15, -0.1) is 0 Å². The predicted octanol–water partition coefficient (Wildman–Crippen LogP) is 3.03. The standard InChI is InChI=1S/C22H22N2O4/c1-22(14-16-6-2-3-7-18(16)20(26)28-22)21(27)23-17-10-8-15(9-11-17)19(25)24-12-4-5-13-24/h2-3,6-11H,4-5,12-14H2,1H3,(H,23,27). The van der Waals surface area contributed by atoms with Crippen LogP contribution in [0, 0.1) is 0 Å². The van der Waals surface area contributed by atoms with E-state index < -0.39 is 17.5 Å². The van der Waals surface area contributed by atoms with Gasteiger partial charge in [0.25, 0.3) is 11.8 Å². The van der Waals surface area contributed by atoms with Gasteiger partial charge in [-0.1, -0.05) is 18.2 Å². The van der Waals surface area contributed by atoms with Gasteiger partial charge in [0, 0.05) is 30.8 Å². The van der Waals surface area contributed by atoms with E-state index in [9.17, 15) is 14.4 Å². The van der Waals surface area contributed by atoms with E-state index in [4.69, 9.17) is 4.74 Å². The van der Waals surface area contributed by atoms with Crippen molar-refractivity contribution < 1.29 is 19.1 Å². The summed E-state index contributed by atoms with van der Waals surface area (Å²) in [5, 5.41) is 2.80. The third-order valence-electron chi connectivity index (χ3n) is 5.35. The highest BCUT2D eigenvalue weighted by molar-refractivity contribution is 6.02. The predicted molar refractivity (Wildman–Crippen MR) is 104 cm³/mol. The van der Waals surface area contributed by atoms with Crippen LogP contribution in [0.15, 0.2) is 48.5 Å². The average molecular weight is 378 g/mol. The van der Waals surface area contributed by atoms with Gasteiger partial charge in [-0.3, -0.25) is 9.59 Å². The summed E-state index contributed by atoms with van der Waals surface area (Å²) in [6.07, 6.45) is 2.40. The number of carbonyl (C=O) groups excluding carboxylic acids is 3. The summed E-state index contributed by atoms with van der Waals surface area (Å²) in [6.45, 7) is 3.20. The van der Waals surface area contributed by atoms with Crippen LogP contribution in [0.2, 0.25) is 0 Å². The van der Waals surface area contributed by atoms with Crippen molar-refractivity contribution in [3.05, 3.63) is 65.2 Å². The van der Waals surface area contributed by atoms with Gasteiger partial charge in [0.2, 0.25) is 0 Å². The molecule has 1 fully saturated rings. The number of carbonyl (C=O) groups is 3. The molecule has 2 aromatic rings. The number of rotatable bonds is 3. The number of benzene rings is 2. The second-order valence-electron chi connectivity index (χ2n) is 7.49. The summed E-state index contributed by atoms with van der Waals surface area (Å²) >= 11 is 0. The Morgan fingerprint density at radius 2 is 1.71 bits per heavy atom. The lowest BCUT2D eigenvalue weighted by atomic mass is 9.89. The molecule has 1 unspecified atom stereocenters. The maximum absolute atomic E-state index is 12.8. The van der Waals surface area contributed by atoms with Crippen molar-refractivity contribution in [1.29, 1.82) is 0 Å². The van der Waals surface area contributed by atoms with Gasteiger partial charge in [0.1, 0.15) is 0 Å². The second-order valence-corrected chi connectivity index (χ2v) is 7.49. The smallest absolute Gasteiger partial charge is 0.339 e. The van der Waals surface area contributed by atoms with E-state index in [-0.39, 0.29) is 5.91 Å². The highest BCUT2D eigenvalue weighted by atomic mass is 16.6. The quantitative estimate of drug-likeness (QED) is 0.833. The highest BCUT2D eigenvalue weighted by Crippen LogP contribution is 2.29. The third-order valence-corrected chi connectivity index (χ3v) is 5.35. The maximum atomic E-state index is 12.8. The molecule has 2 aliphatic rings. The fourth-order valence-electron chi connectivity index (χ4n) is 3.72. The molecule has 144 valence electrons. The minimum atomic E-state index is -1.28. The number of esters is 1. The molecule has 0 saturated carbocycles.